The quantitative estimate of drug-likeness (QED) is 0.557. The van der Waals surface area contributed by atoms with Crippen LogP contribution in [-0.2, 0) is 20.5 Å². The third-order valence-corrected chi connectivity index (χ3v) is 3.76. The number of methoxy groups -OCH3 is 1. The molecule has 0 aliphatic carbocycles. The van der Waals surface area contributed by atoms with E-state index in [1.54, 1.807) is 6.07 Å². The maximum absolute atomic E-state index is 12.5. The zero-order chi connectivity index (χ0) is 21.6. The summed E-state index contributed by atoms with van der Waals surface area (Å²) >= 11 is 0. The van der Waals surface area contributed by atoms with Crippen molar-refractivity contribution in [2.24, 2.45) is 0 Å². The van der Waals surface area contributed by atoms with Crippen LogP contribution in [0.5, 0.6) is 11.5 Å². The van der Waals surface area contributed by atoms with Crippen LogP contribution in [0.25, 0.3) is 6.08 Å². The number of halogens is 3. The van der Waals surface area contributed by atoms with Crippen molar-refractivity contribution in [3.8, 4) is 11.5 Å². The first-order valence-electron chi connectivity index (χ1n) is 8.34. The second kappa shape index (κ2) is 9.13. The monoisotopic (exact) mass is 409 g/mol. The number of amides is 1. The van der Waals surface area contributed by atoms with Crippen LogP contribution in [0.4, 0.5) is 18.9 Å². The molecule has 0 spiro atoms. The van der Waals surface area contributed by atoms with Gasteiger partial charge in [-0.3, -0.25) is 4.79 Å². The number of aromatic hydroxyl groups is 1. The van der Waals surface area contributed by atoms with Gasteiger partial charge in [-0.05, 0) is 55.0 Å². The van der Waals surface area contributed by atoms with E-state index in [1.165, 1.54) is 32.2 Å². The number of rotatable bonds is 6. The number of anilines is 1. The van der Waals surface area contributed by atoms with Gasteiger partial charge in [0.15, 0.2) is 17.6 Å². The molecular weight excluding hydrogens is 391 g/mol. The van der Waals surface area contributed by atoms with Gasteiger partial charge >= 0.3 is 12.1 Å². The van der Waals surface area contributed by atoms with E-state index in [-0.39, 0.29) is 17.2 Å². The highest BCUT2D eigenvalue weighted by Crippen LogP contribution is 2.30. The Kier molecular flexibility index (Phi) is 6.87. The number of carbonyl (C=O) groups is 2. The Hall–Kier alpha value is -3.49. The van der Waals surface area contributed by atoms with Crippen LogP contribution in [0.1, 0.15) is 18.1 Å². The summed E-state index contributed by atoms with van der Waals surface area (Å²) in [5.41, 5.74) is -0.151. The molecule has 2 aromatic rings. The summed E-state index contributed by atoms with van der Waals surface area (Å²) in [7, 11) is 1.38. The summed E-state index contributed by atoms with van der Waals surface area (Å²) in [6.07, 6.45) is -3.15. The molecule has 29 heavy (non-hydrogen) atoms. The van der Waals surface area contributed by atoms with Crippen LogP contribution < -0.4 is 10.1 Å². The number of hydrogen-bond acceptors (Lipinski definition) is 5. The predicted octanol–water partition coefficient (Wildman–Crippen LogP) is 4.00. The number of hydrogen-bond donors (Lipinski definition) is 2. The van der Waals surface area contributed by atoms with Crippen molar-refractivity contribution in [2.75, 3.05) is 12.4 Å². The van der Waals surface area contributed by atoms with Crippen LogP contribution in [0.15, 0.2) is 48.5 Å². The lowest BCUT2D eigenvalue weighted by Gasteiger charge is -2.13. The van der Waals surface area contributed by atoms with Gasteiger partial charge in [-0.15, -0.1) is 0 Å². The zero-order valence-corrected chi connectivity index (χ0v) is 15.5. The van der Waals surface area contributed by atoms with Crippen molar-refractivity contribution in [1.82, 2.24) is 0 Å². The van der Waals surface area contributed by atoms with E-state index in [9.17, 15) is 27.9 Å². The summed E-state index contributed by atoms with van der Waals surface area (Å²) < 4.78 is 47.5. The van der Waals surface area contributed by atoms with Crippen LogP contribution in [-0.4, -0.2) is 30.2 Å². The number of phenolic OH excluding ortho intramolecular Hbond substituents is 1. The number of phenols is 1. The molecule has 0 radical (unpaired) electrons. The van der Waals surface area contributed by atoms with E-state index < -0.39 is 29.7 Å². The standard InChI is InChI=1S/C20H18F3NO5/c1-12(19(27)24-15-7-5-14(6-8-15)20(21,22)23)29-18(26)10-4-13-3-9-16(25)17(11-13)28-2/h3-12,25H,1-2H3,(H,24,27)/b10-4+. The summed E-state index contributed by atoms with van der Waals surface area (Å²) in [6.45, 7) is 1.33. The Morgan fingerprint density at radius 3 is 2.38 bits per heavy atom. The Balaban J connectivity index is 1.92. The zero-order valence-electron chi connectivity index (χ0n) is 15.5. The van der Waals surface area contributed by atoms with Crippen molar-refractivity contribution in [1.29, 1.82) is 0 Å². The molecule has 0 aliphatic rings. The molecule has 0 fully saturated rings. The maximum Gasteiger partial charge on any atom is 0.416 e. The van der Waals surface area contributed by atoms with Gasteiger partial charge in [0, 0.05) is 11.8 Å². The Labute approximate surface area is 164 Å². The minimum absolute atomic E-state index is 0.0548. The fourth-order valence-corrected chi connectivity index (χ4v) is 2.22. The normalized spacial score (nSPS) is 12.4. The van der Waals surface area contributed by atoms with E-state index in [4.69, 9.17) is 9.47 Å². The average molecular weight is 409 g/mol. The minimum atomic E-state index is -4.47. The highest BCUT2D eigenvalue weighted by Gasteiger charge is 2.30. The topological polar surface area (TPSA) is 84.9 Å². The highest BCUT2D eigenvalue weighted by atomic mass is 19.4. The van der Waals surface area contributed by atoms with Gasteiger partial charge in [0.2, 0.25) is 0 Å². The minimum Gasteiger partial charge on any atom is -0.504 e. The van der Waals surface area contributed by atoms with E-state index >= 15 is 0 Å². The SMILES string of the molecule is COc1cc(/C=C/C(=O)OC(C)C(=O)Nc2ccc(C(F)(F)F)cc2)ccc1O. The number of carbonyl (C=O) groups excluding carboxylic acids is 2. The van der Waals surface area contributed by atoms with Crippen LogP contribution >= 0.6 is 0 Å². The van der Waals surface area contributed by atoms with Crippen molar-refractivity contribution in [3.05, 3.63) is 59.7 Å². The summed E-state index contributed by atoms with van der Waals surface area (Å²) in [4.78, 5) is 23.9. The Morgan fingerprint density at radius 1 is 1.14 bits per heavy atom. The fourth-order valence-electron chi connectivity index (χ4n) is 2.22. The lowest BCUT2D eigenvalue weighted by molar-refractivity contribution is -0.148. The Morgan fingerprint density at radius 2 is 1.79 bits per heavy atom. The first-order valence-corrected chi connectivity index (χ1v) is 8.34. The van der Waals surface area contributed by atoms with Crippen LogP contribution in [0.2, 0.25) is 0 Å². The number of esters is 1. The molecule has 0 saturated heterocycles. The van der Waals surface area contributed by atoms with Crippen LogP contribution in [0.3, 0.4) is 0 Å². The predicted molar refractivity (Wildman–Crippen MR) is 99.3 cm³/mol. The molecule has 1 unspecified atom stereocenters. The third kappa shape index (κ3) is 6.27. The van der Waals surface area contributed by atoms with Gasteiger partial charge in [0.1, 0.15) is 0 Å². The molecule has 0 bridgehead atoms. The Bertz CT molecular complexity index is 907. The van der Waals surface area contributed by atoms with E-state index in [0.29, 0.717) is 5.56 Å². The second-order valence-electron chi connectivity index (χ2n) is 5.91. The van der Waals surface area contributed by atoms with Crippen molar-refractivity contribution >= 4 is 23.6 Å². The third-order valence-electron chi connectivity index (χ3n) is 3.76. The number of alkyl halides is 3. The van der Waals surface area contributed by atoms with Gasteiger partial charge in [-0.25, -0.2) is 4.79 Å². The molecular formula is C20H18F3NO5. The first-order chi connectivity index (χ1) is 13.6. The fraction of sp³-hybridized carbons (Fsp3) is 0.200. The molecule has 0 heterocycles. The molecule has 0 aliphatic heterocycles. The summed E-state index contributed by atoms with van der Waals surface area (Å²) in [5, 5.41) is 11.9. The van der Waals surface area contributed by atoms with Gasteiger partial charge < -0.3 is 19.9 Å². The first kappa shape index (κ1) is 21.8. The maximum atomic E-state index is 12.5. The highest BCUT2D eigenvalue weighted by molar-refractivity contribution is 5.96. The molecule has 0 saturated carbocycles. The summed E-state index contributed by atoms with van der Waals surface area (Å²) in [5.74, 6) is -1.32. The molecule has 9 heteroatoms. The van der Waals surface area contributed by atoms with E-state index in [0.717, 1.165) is 30.3 Å². The molecule has 2 aromatic carbocycles. The average Bonchev–Trinajstić information content (AvgIpc) is 2.67. The van der Waals surface area contributed by atoms with Gasteiger partial charge in [-0.1, -0.05) is 6.07 Å². The number of benzene rings is 2. The summed E-state index contributed by atoms with van der Waals surface area (Å²) in [6, 6.07) is 8.31. The number of nitrogens with one attached hydrogen (secondary N) is 1. The van der Waals surface area contributed by atoms with E-state index in [1.807, 2.05) is 0 Å². The van der Waals surface area contributed by atoms with E-state index in [2.05, 4.69) is 5.32 Å². The van der Waals surface area contributed by atoms with Gasteiger partial charge in [0.05, 0.1) is 12.7 Å². The molecule has 6 nitrogen and oxygen atoms in total. The van der Waals surface area contributed by atoms with Gasteiger partial charge in [-0.2, -0.15) is 13.2 Å². The van der Waals surface area contributed by atoms with Gasteiger partial charge in [0.25, 0.3) is 5.91 Å². The lowest BCUT2D eigenvalue weighted by atomic mass is 10.2. The molecule has 1 amide bonds. The second-order valence-corrected chi connectivity index (χ2v) is 5.91. The van der Waals surface area contributed by atoms with Crippen molar-refractivity contribution < 1.29 is 37.3 Å². The molecule has 1 atom stereocenters. The number of ether oxygens (including phenoxy) is 2. The van der Waals surface area contributed by atoms with Crippen LogP contribution in [0, 0.1) is 0 Å². The smallest absolute Gasteiger partial charge is 0.416 e. The molecule has 0 aromatic heterocycles. The van der Waals surface area contributed by atoms with Crippen molar-refractivity contribution in [3.63, 3.8) is 0 Å². The molecule has 2 rings (SSSR count). The lowest BCUT2D eigenvalue weighted by Crippen LogP contribution is -2.29. The molecule has 2 N–H and O–H groups in total. The molecule has 154 valence electrons. The largest absolute Gasteiger partial charge is 0.504 e. The van der Waals surface area contributed by atoms with Crippen molar-refractivity contribution in [2.45, 2.75) is 19.2 Å².